The zero-order valence-electron chi connectivity index (χ0n) is 8.86. The fourth-order valence-electron chi connectivity index (χ4n) is 1.42. The van der Waals surface area contributed by atoms with Crippen LogP contribution in [0.4, 0.5) is 5.69 Å². The van der Waals surface area contributed by atoms with Crippen LogP contribution in [0.2, 0.25) is 0 Å². The van der Waals surface area contributed by atoms with Crippen molar-refractivity contribution >= 4 is 11.6 Å². The highest BCUT2D eigenvalue weighted by Crippen LogP contribution is 2.15. The van der Waals surface area contributed by atoms with E-state index in [1.165, 1.54) is 0 Å². The van der Waals surface area contributed by atoms with Crippen LogP contribution in [0.1, 0.15) is 29.3 Å². The van der Waals surface area contributed by atoms with Crippen molar-refractivity contribution in [3.05, 3.63) is 29.3 Å². The molecule has 0 bridgehead atoms. The lowest BCUT2D eigenvalue weighted by molar-refractivity contribution is 0.0999. The Bertz CT molecular complexity index is 361. The molecule has 0 aliphatic carbocycles. The Balaban J connectivity index is 2.91. The van der Waals surface area contributed by atoms with Gasteiger partial charge in [-0.15, -0.1) is 0 Å². The summed E-state index contributed by atoms with van der Waals surface area (Å²) in [6.07, 6.45) is 1.57. The number of benzene rings is 1. The Hall–Kier alpha value is -1.55. The van der Waals surface area contributed by atoms with Crippen LogP contribution >= 0.6 is 0 Å². The van der Waals surface area contributed by atoms with Crippen LogP contribution in [0.25, 0.3) is 0 Å². The maximum atomic E-state index is 11.2. The summed E-state index contributed by atoms with van der Waals surface area (Å²) < 4.78 is 0. The smallest absolute Gasteiger partial charge is 0.249 e. The van der Waals surface area contributed by atoms with E-state index in [0.29, 0.717) is 11.3 Å². The zero-order valence-corrected chi connectivity index (χ0v) is 8.86. The summed E-state index contributed by atoms with van der Waals surface area (Å²) in [5.74, 6) is -0.443. The summed E-state index contributed by atoms with van der Waals surface area (Å²) in [4.78, 5) is 11.2. The molecular formula is C11H17N3O. The van der Waals surface area contributed by atoms with E-state index in [1.54, 1.807) is 12.1 Å². The van der Waals surface area contributed by atoms with Crippen molar-refractivity contribution in [2.75, 3.05) is 5.73 Å². The first kappa shape index (κ1) is 11.5. The van der Waals surface area contributed by atoms with Gasteiger partial charge >= 0.3 is 0 Å². The van der Waals surface area contributed by atoms with Gasteiger partial charge in [-0.25, -0.2) is 0 Å². The molecule has 0 aromatic heterocycles. The van der Waals surface area contributed by atoms with E-state index < -0.39 is 5.91 Å². The van der Waals surface area contributed by atoms with E-state index in [-0.39, 0.29) is 6.04 Å². The third-order valence-electron chi connectivity index (χ3n) is 2.27. The number of nitrogens with two attached hydrogens (primary N) is 3. The predicted octanol–water partition coefficient (Wildman–Crippen LogP) is 0.648. The molecule has 1 aromatic carbocycles. The van der Waals surface area contributed by atoms with Crippen LogP contribution in [0.5, 0.6) is 0 Å². The van der Waals surface area contributed by atoms with Gasteiger partial charge in [0.2, 0.25) is 5.91 Å². The summed E-state index contributed by atoms with van der Waals surface area (Å²) >= 11 is 0. The van der Waals surface area contributed by atoms with Gasteiger partial charge in [-0.3, -0.25) is 4.79 Å². The van der Waals surface area contributed by atoms with Crippen molar-refractivity contribution in [1.29, 1.82) is 0 Å². The van der Waals surface area contributed by atoms with Crippen molar-refractivity contribution in [2.24, 2.45) is 11.5 Å². The van der Waals surface area contributed by atoms with Gasteiger partial charge in [0.1, 0.15) is 0 Å². The van der Waals surface area contributed by atoms with Crippen LogP contribution in [0, 0.1) is 0 Å². The molecule has 6 N–H and O–H groups in total. The van der Waals surface area contributed by atoms with E-state index in [0.717, 1.165) is 18.4 Å². The number of carbonyl (C=O) groups excluding carboxylic acids is 1. The molecule has 1 unspecified atom stereocenters. The summed E-state index contributed by atoms with van der Waals surface area (Å²) in [6.45, 7) is 1.93. The van der Waals surface area contributed by atoms with Crippen LogP contribution in [0.3, 0.4) is 0 Å². The van der Waals surface area contributed by atoms with Gasteiger partial charge in [-0.05, 0) is 37.5 Å². The molecule has 4 nitrogen and oxygen atoms in total. The number of nitrogen functional groups attached to an aromatic ring is 1. The molecule has 1 amide bonds. The third-order valence-corrected chi connectivity index (χ3v) is 2.27. The van der Waals surface area contributed by atoms with Crippen molar-refractivity contribution in [3.8, 4) is 0 Å². The number of primary amides is 1. The largest absolute Gasteiger partial charge is 0.399 e. The van der Waals surface area contributed by atoms with Gasteiger partial charge < -0.3 is 17.2 Å². The topological polar surface area (TPSA) is 95.1 Å². The fraction of sp³-hybridized carbons (Fsp3) is 0.364. The van der Waals surface area contributed by atoms with Gasteiger partial charge in [-0.1, -0.05) is 6.07 Å². The van der Waals surface area contributed by atoms with Gasteiger partial charge in [0, 0.05) is 17.3 Å². The molecule has 1 aromatic rings. The first-order valence-corrected chi connectivity index (χ1v) is 4.94. The van der Waals surface area contributed by atoms with E-state index in [1.807, 2.05) is 13.0 Å². The summed E-state index contributed by atoms with van der Waals surface area (Å²) in [5.41, 5.74) is 18.5. The fourth-order valence-corrected chi connectivity index (χ4v) is 1.42. The molecule has 0 saturated heterocycles. The van der Waals surface area contributed by atoms with Crippen molar-refractivity contribution in [3.63, 3.8) is 0 Å². The number of hydrogen-bond acceptors (Lipinski definition) is 3. The van der Waals surface area contributed by atoms with Crippen LogP contribution in [0.15, 0.2) is 18.2 Å². The Morgan fingerprint density at radius 1 is 1.47 bits per heavy atom. The molecule has 0 aliphatic rings. The number of aryl methyl sites for hydroxylation is 1. The molecule has 1 rings (SSSR count). The summed E-state index contributed by atoms with van der Waals surface area (Å²) in [6, 6.07) is 5.32. The Morgan fingerprint density at radius 3 is 2.67 bits per heavy atom. The molecule has 0 aliphatic heterocycles. The van der Waals surface area contributed by atoms with Gasteiger partial charge in [-0.2, -0.15) is 0 Å². The summed E-state index contributed by atoms with van der Waals surface area (Å²) in [5, 5.41) is 0. The molecule has 0 fully saturated rings. The second kappa shape index (κ2) is 4.79. The van der Waals surface area contributed by atoms with Gasteiger partial charge in [0.25, 0.3) is 0 Å². The molecule has 0 radical (unpaired) electrons. The van der Waals surface area contributed by atoms with Gasteiger partial charge in [0.15, 0.2) is 0 Å². The molecule has 4 heteroatoms. The van der Waals surface area contributed by atoms with Crippen molar-refractivity contribution in [2.45, 2.75) is 25.8 Å². The molecule has 1 atom stereocenters. The lowest BCUT2D eigenvalue weighted by atomic mass is 10.00. The number of rotatable bonds is 4. The van der Waals surface area contributed by atoms with Crippen LogP contribution in [-0.2, 0) is 6.42 Å². The highest BCUT2D eigenvalue weighted by molar-refractivity contribution is 5.95. The average Bonchev–Trinajstić information content (AvgIpc) is 2.15. The zero-order chi connectivity index (χ0) is 11.4. The number of anilines is 1. The Morgan fingerprint density at radius 2 is 2.13 bits per heavy atom. The molecule has 0 saturated carbocycles. The standard InChI is InChI=1S/C11H17N3O/c1-7(12)2-3-8-4-5-9(13)6-10(8)11(14)15/h4-7H,2-3,12-13H2,1H3,(H2,14,15). The minimum Gasteiger partial charge on any atom is -0.399 e. The molecule has 0 heterocycles. The molecule has 15 heavy (non-hydrogen) atoms. The van der Waals surface area contributed by atoms with Crippen LogP contribution < -0.4 is 17.2 Å². The predicted molar refractivity (Wildman–Crippen MR) is 61.3 cm³/mol. The first-order chi connectivity index (χ1) is 7.00. The monoisotopic (exact) mass is 207 g/mol. The maximum absolute atomic E-state index is 11.2. The van der Waals surface area contributed by atoms with Crippen molar-refractivity contribution < 1.29 is 4.79 Å². The summed E-state index contributed by atoms with van der Waals surface area (Å²) in [7, 11) is 0. The molecular weight excluding hydrogens is 190 g/mol. The van der Waals surface area contributed by atoms with Crippen molar-refractivity contribution in [1.82, 2.24) is 0 Å². The van der Waals surface area contributed by atoms with E-state index >= 15 is 0 Å². The maximum Gasteiger partial charge on any atom is 0.249 e. The Kier molecular flexibility index (Phi) is 3.68. The third kappa shape index (κ3) is 3.25. The number of carbonyl (C=O) groups is 1. The lowest BCUT2D eigenvalue weighted by Gasteiger charge is -2.09. The first-order valence-electron chi connectivity index (χ1n) is 4.94. The van der Waals surface area contributed by atoms with Crippen LogP contribution in [-0.4, -0.2) is 11.9 Å². The van der Waals surface area contributed by atoms with E-state index in [4.69, 9.17) is 17.2 Å². The number of hydrogen-bond donors (Lipinski definition) is 3. The van der Waals surface area contributed by atoms with E-state index in [2.05, 4.69) is 0 Å². The van der Waals surface area contributed by atoms with E-state index in [9.17, 15) is 4.79 Å². The quantitative estimate of drug-likeness (QED) is 0.632. The lowest BCUT2D eigenvalue weighted by Crippen LogP contribution is -2.18. The Labute approximate surface area is 89.4 Å². The second-order valence-electron chi connectivity index (χ2n) is 3.80. The average molecular weight is 207 g/mol. The second-order valence-corrected chi connectivity index (χ2v) is 3.80. The molecule has 0 spiro atoms. The van der Waals surface area contributed by atoms with Gasteiger partial charge in [0.05, 0.1) is 0 Å². The SMILES string of the molecule is CC(N)CCc1ccc(N)cc1C(N)=O. The normalized spacial score (nSPS) is 12.4. The molecule has 82 valence electrons. The highest BCUT2D eigenvalue weighted by atomic mass is 16.1. The minimum absolute atomic E-state index is 0.114. The highest BCUT2D eigenvalue weighted by Gasteiger charge is 2.08. The minimum atomic E-state index is -0.443. The number of amides is 1.